The lowest BCUT2D eigenvalue weighted by Gasteiger charge is -2.21. The first-order valence-corrected chi connectivity index (χ1v) is 6.76. The molecule has 0 aliphatic heterocycles. The van der Waals surface area contributed by atoms with Crippen molar-refractivity contribution >= 4 is 17.0 Å². The van der Waals surface area contributed by atoms with E-state index >= 15 is 0 Å². The fourth-order valence-corrected chi connectivity index (χ4v) is 2.50. The zero-order valence-electron chi connectivity index (χ0n) is 10.5. The predicted molar refractivity (Wildman–Crippen MR) is 74.7 cm³/mol. The average molecular weight is 245 g/mol. The number of aromatic nitrogens is 1. The van der Waals surface area contributed by atoms with Crippen molar-refractivity contribution in [1.29, 1.82) is 0 Å². The number of anilines is 1. The van der Waals surface area contributed by atoms with Crippen LogP contribution in [0.5, 0.6) is 0 Å². The van der Waals surface area contributed by atoms with E-state index in [2.05, 4.69) is 60.4 Å². The lowest BCUT2D eigenvalue weighted by atomic mass is 10.1. The fraction of sp³-hybridized carbons (Fsp3) is 0.357. The molecule has 0 bridgehead atoms. The summed E-state index contributed by atoms with van der Waals surface area (Å²) in [5.41, 5.74) is 6.46. The van der Waals surface area contributed by atoms with Gasteiger partial charge in [0.2, 0.25) is 0 Å². The quantitative estimate of drug-likeness (QED) is 0.815. The second kappa shape index (κ2) is 5.32. The molecule has 3 heteroatoms. The lowest BCUT2D eigenvalue weighted by molar-refractivity contribution is 0.866. The van der Waals surface area contributed by atoms with Crippen LogP contribution in [0.4, 0.5) is 5.69 Å². The second-order valence-corrected chi connectivity index (χ2v) is 4.93. The molecule has 0 N–H and O–H groups in total. The molecule has 17 heavy (non-hydrogen) atoms. The van der Waals surface area contributed by atoms with Crippen molar-refractivity contribution in [2.45, 2.75) is 20.8 Å². The largest absolute Gasteiger partial charge is 0.372 e. The summed E-state index contributed by atoms with van der Waals surface area (Å²) in [6.45, 7) is 8.51. The van der Waals surface area contributed by atoms with Crippen LogP contribution in [0.3, 0.4) is 0 Å². The van der Waals surface area contributed by atoms with E-state index in [4.69, 9.17) is 0 Å². The minimum atomic E-state index is 1.03. The standard InChI is InChI=1S/C14H17N2S/c1-4-16(5-2)13-8-6-7-12(9-13)14-11(3)17-10-15-14/h6-9H,4-5H2,1-3H3. The molecule has 0 aliphatic rings. The first-order chi connectivity index (χ1) is 8.26. The SMILES string of the molecule is CCN(CC)c1cccc(-c2n[c]sc2C)c1. The number of aryl methyl sites for hydroxylation is 1. The van der Waals surface area contributed by atoms with Gasteiger partial charge < -0.3 is 4.90 Å². The van der Waals surface area contributed by atoms with Gasteiger partial charge in [0.05, 0.1) is 5.69 Å². The van der Waals surface area contributed by atoms with Crippen molar-refractivity contribution in [3.63, 3.8) is 0 Å². The smallest absolute Gasteiger partial charge is 0.153 e. The average Bonchev–Trinajstić information content (AvgIpc) is 2.77. The molecule has 2 rings (SSSR count). The molecule has 89 valence electrons. The van der Waals surface area contributed by atoms with Gasteiger partial charge in [-0.15, -0.1) is 11.3 Å². The maximum absolute atomic E-state index is 4.31. The van der Waals surface area contributed by atoms with Crippen molar-refractivity contribution in [3.8, 4) is 11.3 Å². The first-order valence-electron chi connectivity index (χ1n) is 5.95. The summed E-state index contributed by atoms with van der Waals surface area (Å²) in [6.07, 6.45) is 0. The van der Waals surface area contributed by atoms with E-state index in [1.54, 1.807) is 11.3 Å². The molecule has 0 atom stereocenters. The zero-order chi connectivity index (χ0) is 12.3. The molecule has 0 saturated carbocycles. The summed E-state index contributed by atoms with van der Waals surface area (Å²) in [6, 6.07) is 8.58. The van der Waals surface area contributed by atoms with Crippen LogP contribution in [0, 0.1) is 12.4 Å². The summed E-state index contributed by atoms with van der Waals surface area (Å²) in [5.74, 6) is 0. The minimum absolute atomic E-state index is 1.03. The van der Waals surface area contributed by atoms with E-state index in [0.29, 0.717) is 0 Å². The second-order valence-electron chi connectivity index (χ2n) is 3.93. The number of benzene rings is 1. The highest BCUT2D eigenvalue weighted by Crippen LogP contribution is 2.27. The third kappa shape index (κ3) is 2.50. The summed E-state index contributed by atoms with van der Waals surface area (Å²) in [4.78, 5) is 7.88. The zero-order valence-corrected chi connectivity index (χ0v) is 11.3. The first kappa shape index (κ1) is 12.1. The maximum Gasteiger partial charge on any atom is 0.153 e. The molecule has 2 aromatic rings. The normalized spacial score (nSPS) is 10.5. The Morgan fingerprint density at radius 2 is 2.06 bits per heavy atom. The summed E-state index contributed by atoms with van der Waals surface area (Å²) >= 11 is 1.58. The van der Waals surface area contributed by atoms with Crippen molar-refractivity contribution in [3.05, 3.63) is 34.7 Å². The summed E-state index contributed by atoms with van der Waals surface area (Å²) in [7, 11) is 0. The molecule has 0 aliphatic carbocycles. The molecular weight excluding hydrogens is 228 g/mol. The Hall–Kier alpha value is -1.35. The van der Waals surface area contributed by atoms with Crippen molar-refractivity contribution in [2.24, 2.45) is 0 Å². The molecule has 0 amide bonds. The van der Waals surface area contributed by atoms with Gasteiger partial charge in [0.15, 0.2) is 5.51 Å². The van der Waals surface area contributed by atoms with Gasteiger partial charge in [-0.1, -0.05) is 12.1 Å². The topological polar surface area (TPSA) is 16.1 Å². The van der Waals surface area contributed by atoms with E-state index in [-0.39, 0.29) is 0 Å². The maximum atomic E-state index is 4.31. The molecule has 1 aromatic carbocycles. The highest BCUT2D eigenvalue weighted by Gasteiger charge is 2.07. The van der Waals surface area contributed by atoms with Crippen LogP contribution in [0.2, 0.25) is 0 Å². The Morgan fingerprint density at radius 1 is 1.29 bits per heavy atom. The van der Waals surface area contributed by atoms with E-state index in [1.807, 2.05) is 0 Å². The molecule has 2 nitrogen and oxygen atoms in total. The minimum Gasteiger partial charge on any atom is -0.372 e. The third-order valence-electron chi connectivity index (χ3n) is 2.94. The van der Waals surface area contributed by atoms with Crippen LogP contribution in [0.25, 0.3) is 11.3 Å². The van der Waals surface area contributed by atoms with Gasteiger partial charge in [-0.3, -0.25) is 0 Å². The lowest BCUT2D eigenvalue weighted by Crippen LogP contribution is -2.21. The van der Waals surface area contributed by atoms with Gasteiger partial charge in [0.25, 0.3) is 0 Å². The molecule has 1 radical (unpaired) electrons. The monoisotopic (exact) mass is 245 g/mol. The van der Waals surface area contributed by atoms with Crippen molar-refractivity contribution in [2.75, 3.05) is 18.0 Å². The number of nitrogens with zero attached hydrogens (tertiary/aromatic N) is 2. The summed E-state index contributed by atoms with van der Waals surface area (Å²) in [5, 5.41) is 0. The Labute approximate surface area is 107 Å². The van der Waals surface area contributed by atoms with E-state index in [0.717, 1.165) is 18.8 Å². The van der Waals surface area contributed by atoms with Gasteiger partial charge >= 0.3 is 0 Å². The van der Waals surface area contributed by atoms with Gasteiger partial charge in [-0.05, 0) is 32.9 Å². The number of thiazole rings is 1. The van der Waals surface area contributed by atoms with Crippen LogP contribution in [0.15, 0.2) is 24.3 Å². The van der Waals surface area contributed by atoms with Crippen LogP contribution >= 0.6 is 11.3 Å². The van der Waals surface area contributed by atoms with E-state index < -0.39 is 0 Å². The molecule has 0 spiro atoms. The Bertz CT molecular complexity index is 486. The van der Waals surface area contributed by atoms with Gasteiger partial charge in [0, 0.05) is 29.2 Å². The Morgan fingerprint density at radius 3 is 2.65 bits per heavy atom. The van der Waals surface area contributed by atoms with Crippen molar-refractivity contribution in [1.82, 2.24) is 4.98 Å². The highest BCUT2D eigenvalue weighted by molar-refractivity contribution is 7.09. The molecule has 0 saturated heterocycles. The number of hydrogen-bond acceptors (Lipinski definition) is 3. The Kier molecular flexibility index (Phi) is 3.79. The van der Waals surface area contributed by atoms with Gasteiger partial charge in [-0.25, -0.2) is 4.98 Å². The number of rotatable bonds is 4. The Balaban J connectivity index is 2.38. The van der Waals surface area contributed by atoms with Gasteiger partial charge in [-0.2, -0.15) is 0 Å². The van der Waals surface area contributed by atoms with E-state index in [9.17, 15) is 0 Å². The highest BCUT2D eigenvalue weighted by atomic mass is 32.1. The van der Waals surface area contributed by atoms with Crippen molar-refractivity contribution < 1.29 is 0 Å². The van der Waals surface area contributed by atoms with Crippen LogP contribution in [-0.2, 0) is 0 Å². The van der Waals surface area contributed by atoms with E-state index in [1.165, 1.54) is 16.1 Å². The van der Waals surface area contributed by atoms with Gasteiger partial charge in [0.1, 0.15) is 0 Å². The molecular formula is C14H17N2S. The molecule has 0 unspecified atom stereocenters. The third-order valence-corrected chi connectivity index (χ3v) is 3.62. The molecule has 1 aromatic heterocycles. The van der Waals surface area contributed by atoms with Crippen LogP contribution in [0.1, 0.15) is 18.7 Å². The summed E-state index contributed by atoms with van der Waals surface area (Å²) < 4.78 is 0. The fourth-order valence-electron chi connectivity index (χ4n) is 1.97. The molecule has 1 heterocycles. The predicted octanol–water partition coefficient (Wildman–Crippen LogP) is 3.76. The van der Waals surface area contributed by atoms with Crippen LogP contribution < -0.4 is 4.90 Å². The number of hydrogen-bond donors (Lipinski definition) is 0. The van der Waals surface area contributed by atoms with Crippen LogP contribution in [-0.4, -0.2) is 18.1 Å². The molecule has 0 fully saturated rings.